The molecular formula is C32H26O4S. The molecular weight excluding hydrogens is 480 g/mol. The number of phenolic OH excluding ortho intramolecular Hbond substituents is 4. The van der Waals surface area contributed by atoms with Gasteiger partial charge in [-0.15, -0.1) is 0 Å². The van der Waals surface area contributed by atoms with Gasteiger partial charge in [0.25, 0.3) is 0 Å². The Morgan fingerprint density at radius 2 is 0.973 bits per heavy atom. The van der Waals surface area contributed by atoms with E-state index in [0.29, 0.717) is 27.3 Å². The van der Waals surface area contributed by atoms with Gasteiger partial charge in [-0.25, -0.2) is 0 Å². The third kappa shape index (κ3) is 5.74. The number of hydrogen-bond acceptors (Lipinski definition) is 5. The fraction of sp³-hybridized carbons (Fsp3) is 0.0625. The highest BCUT2D eigenvalue weighted by atomic mass is 32.2. The highest BCUT2D eigenvalue weighted by Crippen LogP contribution is 2.45. The zero-order chi connectivity index (χ0) is 25.8. The predicted octanol–water partition coefficient (Wildman–Crippen LogP) is 7.51. The van der Waals surface area contributed by atoms with Crippen LogP contribution in [0.25, 0.3) is 11.1 Å². The van der Waals surface area contributed by atoms with Gasteiger partial charge >= 0.3 is 0 Å². The standard InChI is InChI=1S/C32H26O4S/c33-27-19-31(29(35)17-25(27)16-22-9-5-2-6-10-22)37-32-20-28(34)26(18-30(32)36)24-13-11-23(12-14-24)15-21-7-3-1-4-8-21/h1-14,17-20,33-36H,15-16H2. The van der Waals surface area contributed by atoms with Crippen molar-refractivity contribution in [3.05, 3.63) is 131 Å². The topological polar surface area (TPSA) is 80.9 Å². The molecule has 5 heteroatoms. The maximum atomic E-state index is 10.7. The van der Waals surface area contributed by atoms with Crippen LogP contribution in [-0.4, -0.2) is 20.4 Å². The second-order valence-corrected chi connectivity index (χ2v) is 9.99. The Balaban J connectivity index is 1.34. The third-order valence-corrected chi connectivity index (χ3v) is 7.30. The van der Waals surface area contributed by atoms with Gasteiger partial charge in [0.05, 0.1) is 9.79 Å². The van der Waals surface area contributed by atoms with Crippen molar-refractivity contribution in [3.8, 4) is 34.1 Å². The first-order valence-corrected chi connectivity index (χ1v) is 12.7. The molecule has 0 spiro atoms. The number of aromatic hydroxyl groups is 4. The lowest BCUT2D eigenvalue weighted by Gasteiger charge is -2.13. The molecule has 5 aromatic rings. The Kier molecular flexibility index (Phi) is 7.06. The molecule has 5 aromatic carbocycles. The summed E-state index contributed by atoms with van der Waals surface area (Å²) in [6.45, 7) is 0. The zero-order valence-electron chi connectivity index (χ0n) is 20.0. The summed E-state index contributed by atoms with van der Waals surface area (Å²) in [5.41, 5.74) is 5.29. The summed E-state index contributed by atoms with van der Waals surface area (Å²) in [6, 6.07) is 33.8. The smallest absolute Gasteiger partial charge is 0.130 e. The Bertz CT molecular complexity index is 1520. The molecule has 0 aromatic heterocycles. The summed E-state index contributed by atoms with van der Waals surface area (Å²) in [6.07, 6.45) is 1.30. The quantitative estimate of drug-likeness (QED) is 0.172. The first-order valence-electron chi connectivity index (χ1n) is 11.9. The van der Waals surface area contributed by atoms with E-state index < -0.39 is 0 Å². The van der Waals surface area contributed by atoms with Crippen molar-refractivity contribution in [2.24, 2.45) is 0 Å². The van der Waals surface area contributed by atoms with Crippen LogP contribution >= 0.6 is 11.8 Å². The van der Waals surface area contributed by atoms with E-state index in [1.807, 2.05) is 72.8 Å². The van der Waals surface area contributed by atoms with Gasteiger partial charge in [0.15, 0.2) is 0 Å². The maximum absolute atomic E-state index is 10.7. The van der Waals surface area contributed by atoms with E-state index >= 15 is 0 Å². The minimum Gasteiger partial charge on any atom is -0.508 e. The Labute approximate surface area is 220 Å². The average molecular weight is 507 g/mol. The molecule has 4 N–H and O–H groups in total. The summed E-state index contributed by atoms with van der Waals surface area (Å²) >= 11 is 1.07. The summed E-state index contributed by atoms with van der Waals surface area (Å²) in [5.74, 6) is 0.0321. The van der Waals surface area contributed by atoms with Gasteiger partial charge in [-0.1, -0.05) is 96.7 Å². The minimum atomic E-state index is -0.0292. The normalized spacial score (nSPS) is 10.9. The number of hydrogen-bond donors (Lipinski definition) is 4. The fourth-order valence-electron chi connectivity index (χ4n) is 4.26. The molecule has 0 aliphatic heterocycles. The molecule has 0 saturated heterocycles. The minimum absolute atomic E-state index is 0.00861. The van der Waals surface area contributed by atoms with Gasteiger partial charge in [-0.3, -0.25) is 0 Å². The molecule has 4 nitrogen and oxygen atoms in total. The first-order chi connectivity index (χ1) is 18.0. The Hall–Kier alpha value is -4.35. The Morgan fingerprint density at radius 1 is 0.459 bits per heavy atom. The van der Waals surface area contributed by atoms with Crippen LogP contribution in [0.2, 0.25) is 0 Å². The molecule has 0 unspecified atom stereocenters. The lowest BCUT2D eigenvalue weighted by atomic mass is 9.99. The largest absolute Gasteiger partial charge is 0.508 e. The first kappa shape index (κ1) is 24.3. The van der Waals surface area contributed by atoms with Crippen LogP contribution in [0.3, 0.4) is 0 Å². The van der Waals surface area contributed by atoms with E-state index in [1.54, 1.807) is 0 Å². The van der Waals surface area contributed by atoms with Crippen molar-refractivity contribution in [1.82, 2.24) is 0 Å². The van der Waals surface area contributed by atoms with Gasteiger partial charge in [-0.2, -0.15) is 0 Å². The molecule has 0 radical (unpaired) electrons. The van der Waals surface area contributed by atoms with Gasteiger partial charge in [0.1, 0.15) is 23.0 Å². The average Bonchev–Trinajstić information content (AvgIpc) is 2.90. The van der Waals surface area contributed by atoms with E-state index in [2.05, 4.69) is 12.1 Å². The van der Waals surface area contributed by atoms with Gasteiger partial charge in [0.2, 0.25) is 0 Å². The van der Waals surface area contributed by atoms with Crippen LogP contribution in [0, 0.1) is 0 Å². The van der Waals surface area contributed by atoms with Crippen LogP contribution in [-0.2, 0) is 12.8 Å². The summed E-state index contributed by atoms with van der Waals surface area (Å²) in [4.78, 5) is 0.745. The van der Waals surface area contributed by atoms with Crippen molar-refractivity contribution in [2.75, 3.05) is 0 Å². The molecule has 0 heterocycles. The van der Waals surface area contributed by atoms with Gasteiger partial charge < -0.3 is 20.4 Å². The van der Waals surface area contributed by atoms with Crippen molar-refractivity contribution in [2.45, 2.75) is 22.6 Å². The molecule has 0 amide bonds. The molecule has 0 bridgehead atoms. The van der Waals surface area contributed by atoms with Crippen LogP contribution in [0.5, 0.6) is 23.0 Å². The number of phenols is 4. The second-order valence-electron chi connectivity index (χ2n) is 8.91. The number of benzene rings is 5. The molecule has 0 aliphatic rings. The van der Waals surface area contributed by atoms with Gasteiger partial charge in [0, 0.05) is 17.5 Å². The van der Waals surface area contributed by atoms with Crippen LogP contribution in [0.15, 0.2) is 119 Å². The molecule has 0 fully saturated rings. The van der Waals surface area contributed by atoms with Crippen molar-refractivity contribution in [1.29, 1.82) is 0 Å². The van der Waals surface area contributed by atoms with Crippen LogP contribution < -0.4 is 0 Å². The third-order valence-electron chi connectivity index (χ3n) is 6.21. The monoisotopic (exact) mass is 506 g/mol. The molecule has 0 aliphatic carbocycles. The van der Waals surface area contributed by atoms with Crippen LogP contribution in [0.4, 0.5) is 0 Å². The summed E-state index contributed by atoms with van der Waals surface area (Å²) in [7, 11) is 0. The fourth-order valence-corrected chi connectivity index (χ4v) is 5.17. The van der Waals surface area contributed by atoms with Crippen molar-refractivity contribution >= 4 is 11.8 Å². The highest BCUT2D eigenvalue weighted by molar-refractivity contribution is 7.99. The van der Waals surface area contributed by atoms with Crippen molar-refractivity contribution < 1.29 is 20.4 Å². The van der Waals surface area contributed by atoms with E-state index in [1.165, 1.54) is 29.8 Å². The van der Waals surface area contributed by atoms with E-state index in [-0.39, 0.29) is 23.0 Å². The van der Waals surface area contributed by atoms with Crippen LogP contribution in [0.1, 0.15) is 22.3 Å². The zero-order valence-corrected chi connectivity index (χ0v) is 20.8. The predicted molar refractivity (Wildman–Crippen MR) is 148 cm³/mol. The number of rotatable bonds is 7. The van der Waals surface area contributed by atoms with E-state index in [4.69, 9.17) is 0 Å². The van der Waals surface area contributed by atoms with E-state index in [9.17, 15) is 20.4 Å². The molecule has 0 atom stereocenters. The SMILES string of the molecule is Oc1cc(Sc2cc(O)c(-c3ccc(Cc4ccccc4)cc3)cc2O)c(O)cc1Cc1ccccc1. The summed E-state index contributed by atoms with van der Waals surface area (Å²) < 4.78 is 0. The van der Waals surface area contributed by atoms with Crippen molar-refractivity contribution in [3.63, 3.8) is 0 Å². The molecule has 0 saturated carbocycles. The molecule has 37 heavy (non-hydrogen) atoms. The highest BCUT2D eigenvalue weighted by Gasteiger charge is 2.16. The van der Waals surface area contributed by atoms with E-state index in [0.717, 1.165) is 34.9 Å². The summed E-state index contributed by atoms with van der Waals surface area (Å²) in [5, 5.41) is 42.6. The maximum Gasteiger partial charge on any atom is 0.130 e. The Morgan fingerprint density at radius 3 is 1.59 bits per heavy atom. The lowest BCUT2D eigenvalue weighted by Crippen LogP contribution is -1.90. The van der Waals surface area contributed by atoms with Gasteiger partial charge in [-0.05, 0) is 52.9 Å². The lowest BCUT2D eigenvalue weighted by molar-refractivity contribution is 0.443. The molecule has 5 rings (SSSR count). The second kappa shape index (κ2) is 10.7. The molecule has 184 valence electrons.